The van der Waals surface area contributed by atoms with E-state index in [0.717, 1.165) is 37.4 Å². The van der Waals surface area contributed by atoms with Gasteiger partial charge < -0.3 is 5.11 Å². The molecule has 1 atom stereocenters. The van der Waals surface area contributed by atoms with E-state index in [9.17, 15) is 0 Å². The molecule has 14 heavy (non-hydrogen) atoms. The molecule has 2 heterocycles. The van der Waals surface area contributed by atoms with Crippen LogP contribution in [0.3, 0.4) is 0 Å². The second-order valence-corrected chi connectivity index (χ2v) is 4.11. The van der Waals surface area contributed by atoms with Crippen LogP contribution < -0.4 is 0 Å². The molecule has 1 aromatic rings. The summed E-state index contributed by atoms with van der Waals surface area (Å²) in [6, 6.07) is 2.08. The van der Waals surface area contributed by atoms with Crippen molar-refractivity contribution >= 4 is 0 Å². The predicted molar refractivity (Wildman–Crippen MR) is 53.8 cm³/mol. The van der Waals surface area contributed by atoms with Gasteiger partial charge in [-0.1, -0.05) is 0 Å². The van der Waals surface area contributed by atoms with Crippen LogP contribution in [0.5, 0.6) is 0 Å². The molecule has 0 amide bonds. The van der Waals surface area contributed by atoms with Crippen LogP contribution in [0.25, 0.3) is 0 Å². The fraction of sp³-hybridized carbons (Fsp3) is 0.700. The molecule has 0 saturated carbocycles. The van der Waals surface area contributed by atoms with Crippen molar-refractivity contribution < 1.29 is 5.11 Å². The molecule has 1 aromatic heterocycles. The van der Waals surface area contributed by atoms with Crippen molar-refractivity contribution in [2.24, 2.45) is 5.92 Å². The van der Waals surface area contributed by atoms with Crippen molar-refractivity contribution in [3.63, 3.8) is 0 Å². The lowest BCUT2D eigenvalue weighted by Crippen LogP contribution is -2.21. The number of aliphatic hydroxyl groups is 1. The number of hydrogen-bond donors (Lipinski definition) is 2. The zero-order chi connectivity index (χ0) is 9.97. The van der Waals surface area contributed by atoms with Crippen LogP contribution in [-0.2, 0) is 6.54 Å². The molecule has 0 aliphatic carbocycles. The Morgan fingerprint density at radius 2 is 2.57 bits per heavy atom. The number of aromatic nitrogens is 2. The number of likely N-dealkylation sites (tertiary alicyclic amines) is 1. The largest absolute Gasteiger partial charge is 0.396 e. The van der Waals surface area contributed by atoms with Crippen molar-refractivity contribution in [1.82, 2.24) is 15.1 Å². The molecule has 2 N–H and O–H groups in total. The Morgan fingerprint density at radius 3 is 3.14 bits per heavy atom. The Balaban J connectivity index is 1.87. The molecule has 4 nitrogen and oxygen atoms in total. The van der Waals surface area contributed by atoms with Gasteiger partial charge in [-0.3, -0.25) is 10.00 Å². The molecule has 0 aromatic carbocycles. The maximum absolute atomic E-state index is 9.01. The summed E-state index contributed by atoms with van der Waals surface area (Å²) in [6.07, 6.45) is 1.11. The minimum absolute atomic E-state index is 0.316. The van der Waals surface area contributed by atoms with Gasteiger partial charge in [0.2, 0.25) is 0 Å². The van der Waals surface area contributed by atoms with Crippen LogP contribution in [0.2, 0.25) is 0 Å². The van der Waals surface area contributed by atoms with Gasteiger partial charge in [0.15, 0.2) is 0 Å². The lowest BCUT2D eigenvalue weighted by molar-refractivity contribution is 0.219. The average molecular weight is 195 g/mol. The van der Waals surface area contributed by atoms with Crippen molar-refractivity contribution in [2.75, 3.05) is 19.7 Å². The summed E-state index contributed by atoms with van der Waals surface area (Å²) in [7, 11) is 0. The number of aromatic amines is 1. The Bertz CT molecular complexity index is 297. The smallest absolute Gasteiger partial charge is 0.0765 e. The average Bonchev–Trinajstić information content (AvgIpc) is 2.76. The molecule has 4 heteroatoms. The minimum Gasteiger partial charge on any atom is -0.396 e. The Morgan fingerprint density at radius 1 is 1.71 bits per heavy atom. The number of nitrogens with zero attached hydrogens (tertiary/aromatic N) is 2. The van der Waals surface area contributed by atoms with Crippen LogP contribution >= 0.6 is 0 Å². The lowest BCUT2D eigenvalue weighted by Gasteiger charge is -2.13. The molecule has 2 rings (SSSR count). The van der Waals surface area contributed by atoms with Crippen LogP contribution in [0.15, 0.2) is 6.07 Å². The van der Waals surface area contributed by atoms with Crippen LogP contribution in [0.1, 0.15) is 17.8 Å². The zero-order valence-electron chi connectivity index (χ0n) is 8.53. The molecule has 0 unspecified atom stereocenters. The monoisotopic (exact) mass is 195 g/mol. The highest BCUT2D eigenvalue weighted by molar-refractivity contribution is 5.06. The molecule has 78 valence electrons. The number of nitrogens with one attached hydrogen (secondary N) is 1. The highest BCUT2D eigenvalue weighted by Gasteiger charge is 2.21. The third kappa shape index (κ3) is 2.13. The van der Waals surface area contributed by atoms with Crippen LogP contribution in [0.4, 0.5) is 0 Å². The predicted octanol–water partition coefficient (Wildman–Crippen LogP) is 0.532. The van der Waals surface area contributed by atoms with Gasteiger partial charge in [-0.05, 0) is 31.9 Å². The quantitative estimate of drug-likeness (QED) is 0.740. The SMILES string of the molecule is Cc1cc(CN2CC[C@@H](CO)C2)n[nH]1. The van der Waals surface area contributed by atoms with Gasteiger partial charge >= 0.3 is 0 Å². The number of rotatable bonds is 3. The van der Waals surface area contributed by atoms with E-state index in [2.05, 4.69) is 21.2 Å². The summed E-state index contributed by atoms with van der Waals surface area (Å²) in [5, 5.41) is 16.1. The van der Waals surface area contributed by atoms with Crippen molar-refractivity contribution in [2.45, 2.75) is 19.9 Å². The van der Waals surface area contributed by atoms with Crippen molar-refractivity contribution in [3.05, 3.63) is 17.5 Å². The summed E-state index contributed by atoms with van der Waals surface area (Å²) in [4.78, 5) is 2.34. The molecule has 1 aliphatic rings. The van der Waals surface area contributed by atoms with E-state index in [1.165, 1.54) is 0 Å². The molecule has 1 aliphatic heterocycles. The van der Waals surface area contributed by atoms with Gasteiger partial charge in [-0.15, -0.1) is 0 Å². The molecular weight excluding hydrogens is 178 g/mol. The maximum Gasteiger partial charge on any atom is 0.0765 e. The van der Waals surface area contributed by atoms with E-state index in [1.54, 1.807) is 0 Å². The summed E-state index contributed by atoms with van der Waals surface area (Å²) < 4.78 is 0. The molecule has 1 saturated heterocycles. The molecule has 1 fully saturated rings. The minimum atomic E-state index is 0.316. The maximum atomic E-state index is 9.01. The zero-order valence-corrected chi connectivity index (χ0v) is 8.53. The van der Waals surface area contributed by atoms with Gasteiger partial charge in [0.25, 0.3) is 0 Å². The number of aryl methyl sites for hydroxylation is 1. The van der Waals surface area contributed by atoms with E-state index in [1.807, 2.05) is 6.92 Å². The normalized spacial score (nSPS) is 23.1. The summed E-state index contributed by atoms with van der Waals surface area (Å²) in [5.41, 5.74) is 2.21. The standard InChI is InChI=1S/C10H17N3O/c1-8-4-10(12-11-8)6-13-3-2-9(5-13)7-14/h4,9,14H,2-3,5-7H2,1H3,(H,11,12)/t9-/m1/s1. The van der Waals surface area contributed by atoms with Crippen LogP contribution in [0, 0.1) is 12.8 Å². The first-order chi connectivity index (χ1) is 6.78. The third-order valence-corrected chi connectivity index (χ3v) is 2.77. The number of hydrogen-bond acceptors (Lipinski definition) is 3. The Kier molecular flexibility index (Phi) is 2.84. The molecule has 0 bridgehead atoms. The summed E-state index contributed by atoms with van der Waals surface area (Å²) in [6.45, 7) is 5.31. The third-order valence-electron chi connectivity index (χ3n) is 2.77. The molecule has 0 spiro atoms. The van der Waals surface area contributed by atoms with Gasteiger partial charge in [0, 0.05) is 25.4 Å². The van der Waals surface area contributed by atoms with E-state index in [0.29, 0.717) is 12.5 Å². The highest BCUT2D eigenvalue weighted by atomic mass is 16.3. The van der Waals surface area contributed by atoms with Crippen molar-refractivity contribution in [1.29, 1.82) is 0 Å². The number of H-pyrrole nitrogens is 1. The number of aliphatic hydroxyl groups excluding tert-OH is 1. The van der Waals surface area contributed by atoms with Gasteiger partial charge in [-0.2, -0.15) is 5.10 Å². The first-order valence-corrected chi connectivity index (χ1v) is 5.12. The van der Waals surface area contributed by atoms with E-state index in [4.69, 9.17) is 5.11 Å². The van der Waals surface area contributed by atoms with Crippen molar-refractivity contribution in [3.8, 4) is 0 Å². The Labute approximate surface area is 83.9 Å². The topological polar surface area (TPSA) is 52.1 Å². The second-order valence-electron chi connectivity index (χ2n) is 4.11. The molecule has 0 radical (unpaired) electrons. The fourth-order valence-electron chi connectivity index (χ4n) is 1.99. The Hall–Kier alpha value is -0.870. The second kappa shape index (κ2) is 4.11. The lowest BCUT2D eigenvalue weighted by atomic mass is 10.1. The summed E-state index contributed by atoms with van der Waals surface area (Å²) in [5.74, 6) is 0.468. The fourth-order valence-corrected chi connectivity index (χ4v) is 1.99. The van der Waals surface area contributed by atoms with E-state index >= 15 is 0 Å². The highest BCUT2D eigenvalue weighted by Crippen LogP contribution is 2.17. The first-order valence-electron chi connectivity index (χ1n) is 5.12. The van der Waals surface area contributed by atoms with Gasteiger partial charge in [0.1, 0.15) is 0 Å². The van der Waals surface area contributed by atoms with E-state index < -0.39 is 0 Å². The first kappa shape index (κ1) is 9.68. The summed E-state index contributed by atoms with van der Waals surface area (Å²) >= 11 is 0. The molecular formula is C10H17N3O. The van der Waals surface area contributed by atoms with Gasteiger partial charge in [0.05, 0.1) is 5.69 Å². The van der Waals surface area contributed by atoms with Gasteiger partial charge in [-0.25, -0.2) is 0 Å². The van der Waals surface area contributed by atoms with E-state index in [-0.39, 0.29) is 0 Å². The van der Waals surface area contributed by atoms with Crippen LogP contribution in [-0.4, -0.2) is 39.9 Å².